The zero-order chi connectivity index (χ0) is 31.5. The number of esters is 1. The molecule has 3 rings (SSSR count). The SMILES string of the molecule is C=CCCCCOC(=O)[C@H]1[C@H]2C(=O)N(CCCCCO)C(C(=O)N(CC=C)C(C)(C)CC(C)(C)C)C23CC(C)[C@]1(C)O3. The van der Waals surface area contributed by atoms with E-state index in [2.05, 4.69) is 54.7 Å². The van der Waals surface area contributed by atoms with E-state index in [4.69, 9.17) is 9.47 Å². The standard InChI is InChI=1S/C34H56N2O6/c1-10-12-13-17-21-41-30(40)26-25-28(38)35(19-15-14-16-20-37)27(34(25)22-24(3)33(26,9)42-34)29(39)36(18-11-2)32(7,8)23-31(4,5)6/h10-11,24-27,37H,1-2,12-23H2,3-9H3/t24?,25-,26+,27?,33-,34?/m0/s1. The van der Waals surface area contributed by atoms with Crippen molar-refractivity contribution in [3.63, 3.8) is 0 Å². The van der Waals surface area contributed by atoms with Crippen molar-refractivity contribution in [1.29, 1.82) is 0 Å². The predicted octanol–water partition coefficient (Wildman–Crippen LogP) is 5.29. The second kappa shape index (κ2) is 13.2. The van der Waals surface area contributed by atoms with Gasteiger partial charge in [-0.15, -0.1) is 13.2 Å². The maximum Gasteiger partial charge on any atom is 0.312 e. The van der Waals surface area contributed by atoms with E-state index in [0.29, 0.717) is 32.4 Å². The van der Waals surface area contributed by atoms with Gasteiger partial charge in [0.15, 0.2) is 0 Å². The lowest BCUT2D eigenvalue weighted by molar-refractivity contribution is -0.163. The Kier molecular flexibility index (Phi) is 10.8. The van der Waals surface area contributed by atoms with E-state index in [-0.39, 0.29) is 36.4 Å². The molecular formula is C34H56N2O6. The number of aliphatic hydroxyl groups excluding tert-OH is 1. The molecule has 0 radical (unpaired) electrons. The monoisotopic (exact) mass is 588 g/mol. The minimum atomic E-state index is -1.11. The van der Waals surface area contributed by atoms with Gasteiger partial charge >= 0.3 is 5.97 Å². The number of likely N-dealkylation sites (tertiary alicyclic amines) is 1. The Morgan fingerprint density at radius 2 is 1.81 bits per heavy atom. The summed E-state index contributed by atoms with van der Waals surface area (Å²) in [5, 5.41) is 9.33. The molecule has 3 aliphatic heterocycles. The number of ether oxygens (including phenoxy) is 2. The average Bonchev–Trinajstić information content (AvgIpc) is 3.39. The number of allylic oxidation sites excluding steroid dienone is 1. The molecule has 0 aromatic heterocycles. The Balaban J connectivity index is 2.03. The highest BCUT2D eigenvalue weighted by atomic mass is 16.6. The van der Waals surface area contributed by atoms with Gasteiger partial charge < -0.3 is 24.4 Å². The number of rotatable bonds is 16. The largest absolute Gasteiger partial charge is 0.465 e. The summed E-state index contributed by atoms with van der Waals surface area (Å²) in [7, 11) is 0. The molecule has 1 N–H and O–H groups in total. The van der Waals surface area contributed by atoms with Crippen LogP contribution in [-0.4, -0.2) is 81.8 Å². The average molecular weight is 589 g/mol. The number of hydrogen-bond acceptors (Lipinski definition) is 6. The van der Waals surface area contributed by atoms with Crippen LogP contribution in [0.3, 0.4) is 0 Å². The minimum Gasteiger partial charge on any atom is -0.465 e. The molecule has 3 fully saturated rings. The van der Waals surface area contributed by atoms with Crippen LogP contribution in [-0.2, 0) is 23.9 Å². The van der Waals surface area contributed by atoms with Gasteiger partial charge in [0.25, 0.3) is 0 Å². The summed E-state index contributed by atoms with van der Waals surface area (Å²) in [6.45, 7) is 23.3. The minimum absolute atomic E-state index is 0.0374. The third-order valence-electron chi connectivity index (χ3n) is 9.68. The van der Waals surface area contributed by atoms with Crippen LogP contribution in [0.4, 0.5) is 0 Å². The van der Waals surface area contributed by atoms with Gasteiger partial charge in [-0.2, -0.15) is 0 Å². The number of aliphatic hydroxyl groups is 1. The molecule has 3 unspecified atom stereocenters. The first-order valence-electron chi connectivity index (χ1n) is 15.9. The van der Waals surface area contributed by atoms with E-state index in [1.165, 1.54) is 0 Å². The zero-order valence-electron chi connectivity index (χ0n) is 27.2. The quantitative estimate of drug-likeness (QED) is 0.150. The molecule has 1 spiro atoms. The van der Waals surface area contributed by atoms with Crippen molar-refractivity contribution in [2.45, 2.75) is 123 Å². The van der Waals surface area contributed by atoms with Gasteiger partial charge in [-0.3, -0.25) is 14.4 Å². The van der Waals surface area contributed by atoms with Gasteiger partial charge in [-0.05, 0) is 83.5 Å². The fraction of sp³-hybridized carbons (Fsp3) is 0.794. The molecule has 3 heterocycles. The first-order chi connectivity index (χ1) is 19.6. The van der Waals surface area contributed by atoms with Gasteiger partial charge in [-0.25, -0.2) is 0 Å². The van der Waals surface area contributed by atoms with Gasteiger partial charge in [0.05, 0.1) is 18.1 Å². The van der Waals surface area contributed by atoms with Crippen molar-refractivity contribution in [1.82, 2.24) is 9.80 Å². The molecule has 0 aromatic rings. The van der Waals surface area contributed by atoms with Crippen molar-refractivity contribution in [3.05, 3.63) is 25.3 Å². The van der Waals surface area contributed by atoms with Crippen molar-refractivity contribution >= 4 is 17.8 Å². The summed E-state index contributed by atoms with van der Waals surface area (Å²) in [4.78, 5) is 46.5. The van der Waals surface area contributed by atoms with E-state index in [1.807, 2.05) is 17.9 Å². The number of unbranched alkanes of at least 4 members (excludes halogenated alkanes) is 4. The molecule has 238 valence electrons. The van der Waals surface area contributed by atoms with Crippen LogP contribution < -0.4 is 0 Å². The van der Waals surface area contributed by atoms with Gasteiger partial charge in [0.2, 0.25) is 11.8 Å². The lowest BCUT2D eigenvalue weighted by Crippen LogP contribution is -2.61. The first kappa shape index (κ1) is 34.3. The Morgan fingerprint density at radius 1 is 1.12 bits per heavy atom. The Hall–Kier alpha value is -2.19. The second-order valence-corrected chi connectivity index (χ2v) is 14.8. The van der Waals surface area contributed by atoms with Crippen LogP contribution in [0.15, 0.2) is 25.3 Å². The van der Waals surface area contributed by atoms with Crippen molar-refractivity contribution in [2.75, 3.05) is 26.3 Å². The highest BCUT2D eigenvalue weighted by molar-refractivity contribution is 5.98. The number of hydrogen-bond donors (Lipinski definition) is 1. The fourth-order valence-electron chi connectivity index (χ4n) is 8.15. The molecule has 8 nitrogen and oxygen atoms in total. The predicted molar refractivity (Wildman–Crippen MR) is 164 cm³/mol. The summed E-state index contributed by atoms with van der Waals surface area (Å²) < 4.78 is 12.6. The van der Waals surface area contributed by atoms with Crippen molar-refractivity contribution < 1.29 is 29.0 Å². The van der Waals surface area contributed by atoms with E-state index < -0.39 is 40.6 Å². The number of fused-ring (bicyclic) bond motifs is 1. The van der Waals surface area contributed by atoms with E-state index in [9.17, 15) is 19.5 Å². The summed E-state index contributed by atoms with van der Waals surface area (Å²) in [5.41, 5.74) is -2.56. The van der Waals surface area contributed by atoms with Crippen LogP contribution in [0, 0.1) is 23.2 Å². The van der Waals surface area contributed by atoms with Crippen molar-refractivity contribution in [2.24, 2.45) is 23.2 Å². The molecule has 42 heavy (non-hydrogen) atoms. The molecule has 8 heteroatoms. The molecule has 0 aliphatic carbocycles. The molecule has 6 atom stereocenters. The summed E-state index contributed by atoms with van der Waals surface area (Å²) in [5.74, 6) is -2.36. The topological polar surface area (TPSA) is 96.4 Å². The van der Waals surface area contributed by atoms with Gasteiger partial charge in [0.1, 0.15) is 17.6 Å². The molecule has 3 saturated heterocycles. The Bertz CT molecular complexity index is 1020. The van der Waals surface area contributed by atoms with Crippen molar-refractivity contribution in [3.8, 4) is 0 Å². The van der Waals surface area contributed by atoms with Crippen LogP contribution in [0.1, 0.15) is 99.8 Å². The summed E-state index contributed by atoms with van der Waals surface area (Å²) >= 11 is 0. The Morgan fingerprint density at radius 3 is 2.40 bits per heavy atom. The highest BCUT2D eigenvalue weighted by Gasteiger charge is 2.80. The van der Waals surface area contributed by atoms with Crippen LogP contribution in [0.25, 0.3) is 0 Å². The zero-order valence-corrected chi connectivity index (χ0v) is 27.2. The Labute approximate surface area is 253 Å². The normalized spacial score (nSPS) is 30.4. The van der Waals surface area contributed by atoms with Gasteiger partial charge in [-0.1, -0.05) is 39.8 Å². The summed E-state index contributed by atoms with van der Waals surface area (Å²) in [6, 6.07) is -0.849. The molecule has 2 amide bonds. The second-order valence-electron chi connectivity index (χ2n) is 14.8. The van der Waals surface area contributed by atoms with E-state index >= 15 is 0 Å². The third kappa shape index (κ3) is 6.50. The number of amides is 2. The van der Waals surface area contributed by atoms with Gasteiger partial charge in [0, 0.05) is 25.2 Å². The molecular weight excluding hydrogens is 532 g/mol. The van der Waals surface area contributed by atoms with Crippen LogP contribution >= 0.6 is 0 Å². The molecule has 2 bridgehead atoms. The molecule has 0 saturated carbocycles. The number of carbonyl (C=O) groups is 3. The maximum absolute atomic E-state index is 14.8. The van der Waals surface area contributed by atoms with E-state index in [0.717, 1.165) is 32.1 Å². The molecule has 0 aromatic carbocycles. The summed E-state index contributed by atoms with van der Waals surface area (Å²) in [6.07, 6.45) is 9.32. The smallest absolute Gasteiger partial charge is 0.312 e. The molecule has 3 aliphatic rings. The number of carbonyl (C=O) groups excluding carboxylic acids is 3. The fourth-order valence-corrected chi connectivity index (χ4v) is 8.15. The first-order valence-corrected chi connectivity index (χ1v) is 15.9. The maximum atomic E-state index is 14.8. The lowest BCUT2D eigenvalue weighted by atomic mass is 9.62. The highest BCUT2D eigenvalue weighted by Crippen LogP contribution is 2.65. The van der Waals surface area contributed by atoms with Crippen LogP contribution in [0.2, 0.25) is 0 Å². The number of nitrogens with zero attached hydrogens (tertiary/aromatic N) is 2. The lowest BCUT2D eigenvalue weighted by Gasteiger charge is -2.45. The third-order valence-corrected chi connectivity index (χ3v) is 9.68. The van der Waals surface area contributed by atoms with Crippen LogP contribution in [0.5, 0.6) is 0 Å². The van der Waals surface area contributed by atoms with E-state index in [1.54, 1.807) is 11.0 Å².